The van der Waals surface area contributed by atoms with Gasteiger partial charge in [0.2, 0.25) is 0 Å². The zero-order valence-corrected chi connectivity index (χ0v) is 13.7. The number of methoxy groups -OCH3 is 2. The number of benzene rings is 2. The van der Waals surface area contributed by atoms with E-state index in [2.05, 4.69) is 4.98 Å². The Morgan fingerprint density at radius 2 is 1.83 bits per heavy atom. The van der Waals surface area contributed by atoms with Crippen LogP contribution in [0.1, 0.15) is 10.6 Å². The van der Waals surface area contributed by atoms with Crippen molar-refractivity contribution >= 4 is 11.3 Å². The first-order valence-corrected chi connectivity index (χ1v) is 7.99. The molecule has 5 heteroatoms. The van der Waals surface area contributed by atoms with Gasteiger partial charge in [0.1, 0.15) is 17.3 Å². The Labute approximate surface area is 138 Å². The maximum atomic E-state index is 13.0. The van der Waals surface area contributed by atoms with Crippen molar-refractivity contribution in [3.05, 3.63) is 64.2 Å². The van der Waals surface area contributed by atoms with Gasteiger partial charge in [0.15, 0.2) is 0 Å². The van der Waals surface area contributed by atoms with Crippen LogP contribution in [-0.4, -0.2) is 19.2 Å². The van der Waals surface area contributed by atoms with Crippen molar-refractivity contribution in [2.75, 3.05) is 14.2 Å². The van der Waals surface area contributed by atoms with Crippen LogP contribution in [0, 0.1) is 5.82 Å². The van der Waals surface area contributed by atoms with Crippen LogP contribution >= 0.6 is 11.3 Å². The quantitative estimate of drug-likeness (QED) is 0.688. The van der Waals surface area contributed by atoms with Crippen LogP contribution in [0.25, 0.3) is 11.3 Å². The maximum Gasteiger partial charge on any atom is 0.123 e. The average molecular weight is 329 g/mol. The second kappa shape index (κ2) is 6.79. The lowest BCUT2D eigenvalue weighted by Crippen LogP contribution is -1.95. The largest absolute Gasteiger partial charge is 0.497 e. The highest BCUT2D eigenvalue weighted by molar-refractivity contribution is 7.10. The monoisotopic (exact) mass is 329 g/mol. The number of nitrogens with zero attached hydrogens (tertiary/aromatic N) is 1. The lowest BCUT2D eigenvalue weighted by atomic mass is 10.1. The topological polar surface area (TPSA) is 31.4 Å². The van der Waals surface area contributed by atoms with Gasteiger partial charge in [-0.1, -0.05) is 0 Å². The summed E-state index contributed by atoms with van der Waals surface area (Å²) in [6.07, 6.45) is 0.659. The Hall–Kier alpha value is -2.40. The van der Waals surface area contributed by atoms with Crippen LogP contribution in [0.3, 0.4) is 0 Å². The molecular weight excluding hydrogens is 313 g/mol. The van der Waals surface area contributed by atoms with Gasteiger partial charge in [-0.15, -0.1) is 11.3 Å². The van der Waals surface area contributed by atoms with Crippen LogP contribution in [0.4, 0.5) is 4.39 Å². The number of rotatable bonds is 5. The summed E-state index contributed by atoms with van der Waals surface area (Å²) < 4.78 is 23.7. The number of ether oxygens (including phenoxy) is 2. The van der Waals surface area contributed by atoms with Gasteiger partial charge in [0, 0.05) is 22.9 Å². The van der Waals surface area contributed by atoms with Crippen molar-refractivity contribution in [1.29, 1.82) is 0 Å². The molecule has 23 heavy (non-hydrogen) atoms. The number of hydrogen-bond acceptors (Lipinski definition) is 4. The zero-order valence-electron chi connectivity index (χ0n) is 12.9. The third-order valence-electron chi connectivity index (χ3n) is 3.52. The summed E-state index contributed by atoms with van der Waals surface area (Å²) in [6.45, 7) is 0. The number of thiazole rings is 1. The van der Waals surface area contributed by atoms with Crippen LogP contribution < -0.4 is 9.47 Å². The third kappa shape index (κ3) is 3.51. The molecule has 2 aromatic carbocycles. The van der Waals surface area contributed by atoms with Gasteiger partial charge in [-0.3, -0.25) is 0 Å². The number of aromatic nitrogens is 1. The average Bonchev–Trinajstić information content (AvgIpc) is 3.04. The van der Waals surface area contributed by atoms with Gasteiger partial charge in [0.25, 0.3) is 0 Å². The van der Waals surface area contributed by atoms with Gasteiger partial charge < -0.3 is 9.47 Å². The lowest BCUT2D eigenvalue weighted by Gasteiger charge is -2.09. The normalized spacial score (nSPS) is 10.6. The molecule has 0 radical (unpaired) electrons. The highest BCUT2D eigenvalue weighted by Gasteiger charge is 2.10. The summed E-state index contributed by atoms with van der Waals surface area (Å²) in [4.78, 5) is 4.64. The molecule has 0 fully saturated rings. The van der Waals surface area contributed by atoms with Gasteiger partial charge in [0.05, 0.1) is 24.9 Å². The van der Waals surface area contributed by atoms with Crippen LogP contribution in [0.5, 0.6) is 11.5 Å². The predicted molar refractivity (Wildman–Crippen MR) is 89.9 cm³/mol. The summed E-state index contributed by atoms with van der Waals surface area (Å²) in [6, 6.07) is 12.1. The van der Waals surface area contributed by atoms with E-state index in [0.717, 1.165) is 33.3 Å². The van der Waals surface area contributed by atoms with E-state index >= 15 is 0 Å². The minimum atomic E-state index is -0.245. The van der Waals surface area contributed by atoms with E-state index in [1.54, 1.807) is 37.7 Å². The molecule has 0 aliphatic carbocycles. The molecule has 0 amide bonds. The van der Waals surface area contributed by atoms with E-state index in [1.807, 2.05) is 23.6 Å². The molecule has 3 nitrogen and oxygen atoms in total. The molecule has 3 aromatic rings. The van der Waals surface area contributed by atoms with E-state index in [-0.39, 0.29) is 5.82 Å². The van der Waals surface area contributed by atoms with Crippen molar-refractivity contribution in [1.82, 2.24) is 4.98 Å². The van der Waals surface area contributed by atoms with Gasteiger partial charge in [-0.05, 0) is 42.5 Å². The summed E-state index contributed by atoms with van der Waals surface area (Å²) in [5.74, 6) is 1.35. The van der Waals surface area contributed by atoms with Crippen molar-refractivity contribution in [3.8, 4) is 22.8 Å². The number of hydrogen-bond donors (Lipinski definition) is 0. The highest BCUT2D eigenvalue weighted by atomic mass is 32.1. The molecule has 0 saturated carbocycles. The standard InChI is InChI=1S/C18H16FNO2S/c1-21-15-7-8-17(22-2)13(9-15)10-18-20-16(11-23-18)12-3-5-14(19)6-4-12/h3-9,11H,10H2,1-2H3. The first-order valence-electron chi connectivity index (χ1n) is 7.11. The summed E-state index contributed by atoms with van der Waals surface area (Å²) in [7, 11) is 3.29. The Kier molecular flexibility index (Phi) is 4.57. The molecule has 0 bridgehead atoms. The van der Waals surface area contributed by atoms with Gasteiger partial charge >= 0.3 is 0 Å². The molecule has 0 N–H and O–H groups in total. The van der Waals surface area contributed by atoms with Gasteiger partial charge in [-0.2, -0.15) is 0 Å². The van der Waals surface area contributed by atoms with Crippen LogP contribution in [0.2, 0.25) is 0 Å². The SMILES string of the molecule is COc1ccc(OC)c(Cc2nc(-c3ccc(F)cc3)cs2)c1. The summed E-state index contributed by atoms with van der Waals surface area (Å²) in [5.41, 5.74) is 2.78. The maximum absolute atomic E-state index is 13.0. The molecule has 0 unspecified atom stereocenters. The first-order chi connectivity index (χ1) is 11.2. The smallest absolute Gasteiger partial charge is 0.123 e. The van der Waals surface area contributed by atoms with Crippen molar-refractivity contribution in [2.24, 2.45) is 0 Å². The van der Waals surface area contributed by atoms with Crippen molar-refractivity contribution < 1.29 is 13.9 Å². The van der Waals surface area contributed by atoms with E-state index in [4.69, 9.17) is 9.47 Å². The van der Waals surface area contributed by atoms with Crippen LogP contribution in [0.15, 0.2) is 47.8 Å². The molecule has 0 aliphatic heterocycles. The highest BCUT2D eigenvalue weighted by Crippen LogP contribution is 2.29. The summed E-state index contributed by atoms with van der Waals surface area (Å²) >= 11 is 1.57. The fourth-order valence-corrected chi connectivity index (χ4v) is 3.15. The van der Waals surface area contributed by atoms with E-state index in [1.165, 1.54) is 12.1 Å². The minimum Gasteiger partial charge on any atom is -0.497 e. The fourth-order valence-electron chi connectivity index (χ4n) is 2.33. The Balaban J connectivity index is 1.85. The predicted octanol–water partition coefficient (Wildman–Crippen LogP) is 4.56. The van der Waals surface area contributed by atoms with Gasteiger partial charge in [-0.25, -0.2) is 9.37 Å². The zero-order chi connectivity index (χ0) is 16.2. The van der Waals surface area contributed by atoms with E-state index < -0.39 is 0 Å². The lowest BCUT2D eigenvalue weighted by molar-refractivity contribution is 0.399. The second-order valence-corrected chi connectivity index (χ2v) is 5.93. The van der Waals surface area contributed by atoms with E-state index in [9.17, 15) is 4.39 Å². The van der Waals surface area contributed by atoms with Crippen LogP contribution in [-0.2, 0) is 6.42 Å². The third-order valence-corrected chi connectivity index (χ3v) is 4.37. The molecular formula is C18H16FNO2S. The Bertz CT molecular complexity index is 799. The molecule has 0 atom stereocenters. The molecule has 1 heterocycles. The minimum absolute atomic E-state index is 0.245. The Morgan fingerprint density at radius 3 is 2.52 bits per heavy atom. The second-order valence-electron chi connectivity index (χ2n) is 4.99. The molecule has 3 rings (SSSR count). The van der Waals surface area contributed by atoms with Crippen molar-refractivity contribution in [2.45, 2.75) is 6.42 Å². The molecule has 0 aliphatic rings. The van der Waals surface area contributed by atoms with Crippen molar-refractivity contribution in [3.63, 3.8) is 0 Å². The molecule has 0 spiro atoms. The van der Waals surface area contributed by atoms with E-state index in [0.29, 0.717) is 6.42 Å². The molecule has 118 valence electrons. The number of halogens is 1. The molecule has 1 aromatic heterocycles. The summed E-state index contributed by atoms with van der Waals surface area (Å²) in [5, 5.41) is 2.95. The molecule has 0 saturated heterocycles. The Morgan fingerprint density at radius 1 is 1.04 bits per heavy atom. The fraction of sp³-hybridized carbons (Fsp3) is 0.167. The first kappa shape index (κ1) is 15.5.